The summed E-state index contributed by atoms with van der Waals surface area (Å²) >= 11 is 4.92. The van der Waals surface area contributed by atoms with Gasteiger partial charge in [-0.05, 0) is 116 Å². The van der Waals surface area contributed by atoms with Gasteiger partial charge in [-0.1, -0.05) is 39.8 Å². The third kappa shape index (κ3) is 6.96. The summed E-state index contributed by atoms with van der Waals surface area (Å²) in [5, 5.41) is 15.0. The topological polar surface area (TPSA) is 95.9 Å². The molecule has 0 aromatic carbocycles. The van der Waals surface area contributed by atoms with Gasteiger partial charge < -0.3 is 19.8 Å². The van der Waals surface area contributed by atoms with Crippen LogP contribution in [0.2, 0.25) is 0 Å². The fraction of sp³-hybridized carbons (Fsp3) is 0.875. The van der Waals surface area contributed by atoms with Gasteiger partial charge in [0.2, 0.25) is 5.91 Å². The van der Waals surface area contributed by atoms with Gasteiger partial charge >= 0.3 is 0 Å². The lowest BCUT2D eigenvalue weighted by Gasteiger charge is -2.62. The normalized spacial score (nSPS) is 41.4. The maximum atomic E-state index is 12.7. The van der Waals surface area contributed by atoms with Gasteiger partial charge in [-0.15, -0.1) is 0 Å². The van der Waals surface area contributed by atoms with E-state index in [1.165, 1.54) is 13.1 Å². The molecule has 0 bridgehead atoms. The minimum Gasteiger partial charge on any atom is -0.393 e. The highest BCUT2D eigenvalue weighted by molar-refractivity contribution is 8.09. The van der Waals surface area contributed by atoms with Crippen molar-refractivity contribution in [3.63, 3.8) is 0 Å². The molecular formula is C32H54NO5PS. The summed E-state index contributed by atoms with van der Waals surface area (Å²) in [6.07, 6.45) is 14.6. The Hall–Kier alpha value is -0.590. The fourth-order valence-electron chi connectivity index (χ4n) is 9.91. The highest BCUT2D eigenvalue weighted by atomic mass is 32.5. The van der Waals surface area contributed by atoms with Crippen LogP contribution in [0, 0.1) is 46.3 Å². The number of allylic oxidation sites excluding steroid dienone is 1. The van der Waals surface area contributed by atoms with Crippen LogP contribution in [-0.2, 0) is 25.9 Å². The van der Waals surface area contributed by atoms with E-state index < -0.39 is 6.49 Å². The van der Waals surface area contributed by atoms with Gasteiger partial charge in [0.05, 0.1) is 12.7 Å². The van der Waals surface area contributed by atoms with Crippen LogP contribution in [0.3, 0.4) is 0 Å². The number of ketones is 1. The molecule has 0 aromatic heterocycles. The summed E-state index contributed by atoms with van der Waals surface area (Å²) in [5.74, 6) is 2.93. The quantitative estimate of drug-likeness (QED) is 0.189. The maximum Gasteiger partial charge on any atom is 0.224 e. The number of aliphatic hydroxyl groups is 1. The number of amides is 1. The number of hydrogen-bond donors (Lipinski definition) is 3. The van der Waals surface area contributed by atoms with Gasteiger partial charge in [0.15, 0.2) is 6.49 Å². The van der Waals surface area contributed by atoms with E-state index in [1.807, 2.05) is 12.2 Å². The number of carbonyl (C=O) groups excluding carboxylic acids is 2. The van der Waals surface area contributed by atoms with Crippen LogP contribution in [0.5, 0.6) is 0 Å². The van der Waals surface area contributed by atoms with Crippen LogP contribution in [-0.4, -0.2) is 47.1 Å². The third-order valence-electron chi connectivity index (χ3n) is 11.8. The molecule has 0 spiro atoms. The zero-order valence-corrected chi connectivity index (χ0v) is 27.2. The Labute approximate surface area is 247 Å². The molecule has 0 aliphatic heterocycles. The van der Waals surface area contributed by atoms with Crippen molar-refractivity contribution in [3.8, 4) is 0 Å². The molecule has 11 atom stereocenters. The van der Waals surface area contributed by atoms with E-state index in [0.29, 0.717) is 54.8 Å². The molecule has 4 fully saturated rings. The largest absolute Gasteiger partial charge is 0.393 e. The van der Waals surface area contributed by atoms with Crippen LogP contribution in [0.4, 0.5) is 0 Å². The smallest absolute Gasteiger partial charge is 0.224 e. The van der Waals surface area contributed by atoms with Crippen molar-refractivity contribution in [2.45, 2.75) is 117 Å². The van der Waals surface area contributed by atoms with Crippen LogP contribution in [0.1, 0.15) is 105 Å². The van der Waals surface area contributed by atoms with Gasteiger partial charge in [-0.2, -0.15) is 0 Å². The molecule has 0 radical (unpaired) electrons. The van der Waals surface area contributed by atoms with E-state index in [4.69, 9.17) is 16.3 Å². The Bertz CT molecular complexity index is 998. The highest BCUT2D eigenvalue weighted by Crippen LogP contribution is 2.68. The first-order chi connectivity index (χ1) is 18.8. The van der Waals surface area contributed by atoms with Crippen molar-refractivity contribution in [1.29, 1.82) is 0 Å². The molecule has 0 aromatic rings. The third-order valence-corrected chi connectivity index (χ3v) is 12.8. The van der Waals surface area contributed by atoms with E-state index in [-0.39, 0.29) is 41.3 Å². The monoisotopic (exact) mass is 595 g/mol. The molecule has 0 saturated heterocycles. The summed E-state index contributed by atoms with van der Waals surface area (Å²) < 4.78 is 5.29. The average Bonchev–Trinajstić information content (AvgIpc) is 3.21. The Morgan fingerprint density at radius 2 is 1.80 bits per heavy atom. The second-order valence-electron chi connectivity index (χ2n) is 14.3. The lowest BCUT2D eigenvalue weighted by atomic mass is 9.43. The first-order valence-corrected chi connectivity index (χ1v) is 19.0. The SMILES string of the molecule is CCC=CCC(=O)N[C@@H]1CC[C@@]2(C)C(CC(O)C3C2CC[C@@]2(C)C3CCC2[C@H](C)CC(=O)CCOP(C)(O)=S)C1. The van der Waals surface area contributed by atoms with Crippen molar-refractivity contribution in [2.75, 3.05) is 13.3 Å². The molecule has 228 valence electrons. The van der Waals surface area contributed by atoms with Gasteiger partial charge in [-0.25, -0.2) is 0 Å². The van der Waals surface area contributed by atoms with E-state index >= 15 is 0 Å². The maximum absolute atomic E-state index is 12.7. The van der Waals surface area contributed by atoms with Gasteiger partial charge in [0.1, 0.15) is 5.78 Å². The molecule has 4 aliphatic carbocycles. The summed E-state index contributed by atoms with van der Waals surface area (Å²) in [6.45, 7) is 8.26. The second kappa shape index (κ2) is 13.0. The molecule has 3 N–H and O–H groups in total. The molecular weight excluding hydrogens is 541 g/mol. The summed E-state index contributed by atoms with van der Waals surface area (Å²) in [6, 6.07) is 0.219. The molecule has 7 unspecified atom stereocenters. The van der Waals surface area contributed by atoms with E-state index in [1.54, 1.807) is 0 Å². The van der Waals surface area contributed by atoms with Crippen LogP contribution in [0.25, 0.3) is 0 Å². The number of aliphatic hydroxyl groups excluding tert-OH is 1. The number of carbonyl (C=O) groups is 2. The number of Topliss-reactive ketones (excluding diaryl/α,β-unsaturated/α-hetero) is 1. The zero-order chi connectivity index (χ0) is 29.3. The van der Waals surface area contributed by atoms with Crippen molar-refractivity contribution in [1.82, 2.24) is 5.32 Å². The predicted molar refractivity (Wildman–Crippen MR) is 164 cm³/mol. The van der Waals surface area contributed by atoms with Crippen LogP contribution >= 0.6 is 6.49 Å². The van der Waals surface area contributed by atoms with E-state index in [0.717, 1.165) is 51.4 Å². The second-order valence-corrected chi connectivity index (χ2v) is 18.2. The minimum absolute atomic E-state index is 0.117. The first-order valence-electron chi connectivity index (χ1n) is 15.9. The predicted octanol–water partition coefficient (Wildman–Crippen LogP) is 6.39. The Balaban J connectivity index is 1.38. The van der Waals surface area contributed by atoms with Crippen molar-refractivity contribution < 1.29 is 24.1 Å². The standard InChI is InChI=1S/C32H54NO5PS/c1-6-7-8-9-29(36)33-23-12-15-31(3)22(19-23)20-28(35)30-26-11-10-25(32(26,4)16-13-27(30)31)21(2)18-24(34)14-17-38-39(5,37)40/h7-8,21-23,25-28,30,35H,6,9-20H2,1-5H3,(H,33,36)(H,37,40)/t21-,22?,23-,25?,26?,27?,28?,30?,31+,32-,39?/m1/s1. The molecule has 40 heavy (non-hydrogen) atoms. The average molecular weight is 596 g/mol. The fourth-order valence-corrected chi connectivity index (χ4v) is 10.6. The van der Waals surface area contributed by atoms with Crippen LogP contribution in [0.15, 0.2) is 12.2 Å². The Morgan fingerprint density at radius 1 is 1.10 bits per heavy atom. The van der Waals surface area contributed by atoms with Gasteiger partial charge in [0, 0.05) is 32.0 Å². The van der Waals surface area contributed by atoms with Gasteiger partial charge in [0.25, 0.3) is 0 Å². The van der Waals surface area contributed by atoms with E-state index in [2.05, 4.69) is 33.0 Å². The molecule has 6 nitrogen and oxygen atoms in total. The molecule has 0 heterocycles. The summed E-state index contributed by atoms with van der Waals surface area (Å²) in [5.41, 5.74) is 0.386. The molecule has 4 aliphatic rings. The van der Waals surface area contributed by atoms with Crippen LogP contribution < -0.4 is 5.32 Å². The Morgan fingerprint density at radius 3 is 2.50 bits per heavy atom. The lowest BCUT2D eigenvalue weighted by Crippen LogP contribution is -2.59. The lowest BCUT2D eigenvalue weighted by molar-refractivity contribution is -0.167. The molecule has 1 amide bonds. The van der Waals surface area contributed by atoms with Crippen molar-refractivity contribution in [3.05, 3.63) is 12.2 Å². The Kier molecular flexibility index (Phi) is 10.5. The molecule has 4 rings (SSSR count). The highest BCUT2D eigenvalue weighted by Gasteiger charge is 2.63. The zero-order valence-electron chi connectivity index (χ0n) is 25.4. The molecule has 4 saturated carbocycles. The van der Waals surface area contributed by atoms with Gasteiger partial charge in [-0.3, -0.25) is 9.59 Å². The molecule has 8 heteroatoms. The first kappa shape index (κ1) is 32.3. The van der Waals surface area contributed by atoms with E-state index in [9.17, 15) is 19.6 Å². The number of fused-ring (bicyclic) bond motifs is 5. The number of rotatable bonds is 11. The minimum atomic E-state index is -2.72. The number of nitrogens with one attached hydrogen (secondary N) is 1. The van der Waals surface area contributed by atoms with Crippen molar-refractivity contribution >= 4 is 30.0 Å². The number of hydrogen-bond acceptors (Lipinski definition) is 5. The van der Waals surface area contributed by atoms with Crippen molar-refractivity contribution in [2.24, 2.45) is 46.3 Å². The summed E-state index contributed by atoms with van der Waals surface area (Å²) in [7, 11) is 0. The summed E-state index contributed by atoms with van der Waals surface area (Å²) in [4.78, 5) is 34.9.